The van der Waals surface area contributed by atoms with E-state index in [0.29, 0.717) is 0 Å². The summed E-state index contributed by atoms with van der Waals surface area (Å²) in [5.41, 5.74) is 7.22. The Balaban J connectivity index is 1.53. The highest BCUT2D eigenvalue weighted by molar-refractivity contribution is 5.89. The lowest BCUT2D eigenvalue weighted by atomic mass is 9.98. The number of allylic oxidation sites excluding steroid dienone is 1. The smallest absolute Gasteiger partial charge is 0.118 e. The Labute approximate surface area is 182 Å². The molecule has 2 unspecified atom stereocenters. The average Bonchev–Trinajstić information content (AvgIpc) is 3.39. The molecule has 0 saturated carbocycles. The van der Waals surface area contributed by atoms with Crippen LogP contribution in [0.2, 0.25) is 0 Å². The first kappa shape index (κ1) is 19.4. The van der Waals surface area contributed by atoms with Crippen molar-refractivity contribution in [3.05, 3.63) is 84.3 Å². The molecule has 156 valence electrons. The molecule has 5 rings (SSSR count). The minimum atomic E-state index is 0.0566. The van der Waals surface area contributed by atoms with Crippen LogP contribution >= 0.6 is 0 Å². The summed E-state index contributed by atoms with van der Waals surface area (Å²) in [6, 6.07) is 17.8. The second-order valence-corrected chi connectivity index (χ2v) is 8.29. The van der Waals surface area contributed by atoms with Gasteiger partial charge in [0.15, 0.2) is 0 Å². The zero-order chi connectivity index (χ0) is 21.5. The maximum Gasteiger partial charge on any atom is 0.118 e. The monoisotopic (exact) mass is 409 g/mol. The second-order valence-electron chi connectivity index (χ2n) is 8.29. The van der Waals surface area contributed by atoms with E-state index in [-0.39, 0.29) is 12.2 Å². The third-order valence-electron chi connectivity index (χ3n) is 6.22. The molecule has 0 fully saturated rings. The maximum atomic E-state index is 4.69. The highest BCUT2D eigenvalue weighted by atomic mass is 15.3. The van der Waals surface area contributed by atoms with E-state index >= 15 is 0 Å². The molecule has 5 nitrogen and oxygen atoms in total. The quantitative estimate of drug-likeness (QED) is 0.452. The van der Waals surface area contributed by atoms with Crippen molar-refractivity contribution < 1.29 is 0 Å². The van der Waals surface area contributed by atoms with E-state index in [4.69, 9.17) is 4.99 Å². The predicted molar refractivity (Wildman–Crippen MR) is 128 cm³/mol. The van der Waals surface area contributed by atoms with Crippen LogP contribution in [0.15, 0.2) is 78.2 Å². The van der Waals surface area contributed by atoms with Crippen LogP contribution in [0.1, 0.15) is 31.0 Å². The Kier molecular flexibility index (Phi) is 4.74. The predicted octanol–water partition coefficient (Wildman–Crippen LogP) is 5.41. The topological polar surface area (TPSA) is 38.4 Å². The highest BCUT2D eigenvalue weighted by Gasteiger charge is 2.26. The zero-order valence-electron chi connectivity index (χ0n) is 18.4. The highest BCUT2D eigenvalue weighted by Crippen LogP contribution is 2.36. The minimum absolute atomic E-state index is 0.0566. The second kappa shape index (κ2) is 7.58. The van der Waals surface area contributed by atoms with Crippen LogP contribution in [0.25, 0.3) is 27.7 Å². The average molecular weight is 410 g/mol. The number of rotatable bonds is 4. The van der Waals surface area contributed by atoms with Gasteiger partial charge in [0.2, 0.25) is 0 Å². The molecule has 2 atom stereocenters. The van der Waals surface area contributed by atoms with Gasteiger partial charge in [0, 0.05) is 55.0 Å². The summed E-state index contributed by atoms with van der Waals surface area (Å²) < 4.78 is 4.01. The molecule has 0 spiro atoms. The molecule has 1 aliphatic heterocycles. The van der Waals surface area contributed by atoms with Crippen molar-refractivity contribution in [3.8, 4) is 11.1 Å². The summed E-state index contributed by atoms with van der Waals surface area (Å²) in [7, 11) is 4.04. The number of fused-ring (bicyclic) bond motifs is 1. The molecule has 0 N–H and O–H groups in total. The molecule has 1 aliphatic rings. The van der Waals surface area contributed by atoms with Crippen LogP contribution in [-0.2, 0) is 14.1 Å². The van der Waals surface area contributed by atoms with Gasteiger partial charge in [0.05, 0.1) is 12.2 Å². The van der Waals surface area contributed by atoms with Crippen molar-refractivity contribution in [2.45, 2.75) is 26.1 Å². The van der Waals surface area contributed by atoms with Crippen molar-refractivity contribution in [2.75, 3.05) is 0 Å². The number of benzene rings is 2. The lowest BCUT2D eigenvalue weighted by Gasteiger charge is -2.38. The standard InChI is InChI=1S/C26H27N5/c1-18(21-6-5-7-22(14-21)24-16-28-30(4)17-24)31-19(2)27-12-10-25(31)23-9-8-20-11-13-29(3)26(20)15-23/h5-19H,1-4H3. The molecule has 3 heterocycles. The Bertz CT molecular complexity index is 1310. The van der Waals surface area contributed by atoms with E-state index < -0.39 is 0 Å². The fourth-order valence-electron chi connectivity index (χ4n) is 4.51. The van der Waals surface area contributed by atoms with Crippen LogP contribution in [0.3, 0.4) is 0 Å². The van der Waals surface area contributed by atoms with Gasteiger partial charge < -0.3 is 9.47 Å². The molecular weight excluding hydrogens is 382 g/mol. The lowest BCUT2D eigenvalue weighted by Crippen LogP contribution is -2.35. The molecule has 0 bridgehead atoms. The molecule has 31 heavy (non-hydrogen) atoms. The third-order valence-corrected chi connectivity index (χ3v) is 6.22. The van der Waals surface area contributed by atoms with Crippen molar-refractivity contribution >= 4 is 22.8 Å². The number of aliphatic imine (C=N–C) groups is 1. The largest absolute Gasteiger partial charge is 0.351 e. The first-order chi connectivity index (χ1) is 15.0. The molecule has 0 saturated heterocycles. The Morgan fingerprint density at radius 1 is 0.968 bits per heavy atom. The maximum absolute atomic E-state index is 4.69. The van der Waals surface area contributed by atoms with Gasteiger partial charge >= 0.3 is 0 Å². The molecule has 4 aromatic rings. The van der Waals surface area contributed by atoms with Crippen molar-refractivity contribution in [1.29, 1.82) is 0 Å². The summed E-state index contributed by atoms with van der Waals surface area (Å²) >= 11 is 0. The third kappa shape index (κ3) is 3.46. The number of aryl methyl sites for hydroxylation is 2. The number of hydrogen-bond donors (Lipinski definition) is 0. The van der Waals surface area contributed by atoms with Crippen molar-refractivity contribution in [1.82, 2.24) is 19.2 Å². The molecule has 5 heteroatoms. The summed E-state index contributed by atoms with van der Waals surface area (Å²) in [5, 5.41) is 5.58. The minimum Gasteiger partial charge on any atom is -0.351 e. The fraction of sp³-hybridized carbons (Fsp3) is 0.231. The van der Waals surface area contributed by atoms with Gasteiger partial charge in [-0.05, 0) is 54.6 Å². The summed E-state index contributed by atoms with van der Waals surface area (Å²) in [5.74, 6) is 0. The van der Waals surface area contributed by atoms with Crippen LogP contribution in [0.4, 0.5) is 0 Å². The van der Waals surface area contributed by atoms with E-state index in [1.54, 1.807) is 0 Å². The summed E-state index contributed by atoms with van der Waals surface area (Å²) in [6.07, 6.45) is 10.2. The van der Waals surface area contributed by atoms with E-state index in [9.17, 15) is 0 Å². The first-order valence-electron chi connectivity index (χ1n) is 10.7. The Hall–Kier alpha value is -3.60. The van der Waals surface area contributed by atoms with Crippen molar-refractivity contribution in [2.24, 2.45) is 19.1 Å². The van der Waals surface area contributed by atoms with Crippen LogP contribution in [-0.4, -0.2) is 31.6 Å². The molecule has 0 amide bonds. The Morgan fingerprint density at radius 3 is 2.65 bits per heavy atom. The normalized spacial score (nSPS) is 17.2. The summed E-state index contributed by atoms with van der Waals surface area (Å²) in [4.78, 5) is 7.10. The zero-order valence-corrected chi connectivity index (χ0v) is 18.4. The van der Waals surface area contributed by atoms with Crippen molar-refractivity contribution in [3.63, 3.8) is 0 Å². The van der Waals surface area contributed by atoms with Gasteiger partial charge in [0.25, 0.3) is 0 Å². The number of nitrogens with zero attached hydrogens (tertiary/aromatic N) is 5. The van der Waals surface area contributed by atoms with Crippen LogP contribution in [0, 0.1) is 0 Å². The van der Waals surface area contributed by atoms with Gasteiger partial charge in [-0.1, -0.05) is 30.3 Å². The Morgan fingerprint density at radius 2 is 1.84 bits per heavy atom. The van der Waals surface area contributed by atoms with Crippen LogP contribution in [0.5, 0.6) is 0 Å². The molecule has 0 aliphatic carbocycles. The van der Waals surface area contributed by atoms with Gasteiger partial charge in [-0.15, -0.1) is 0 Å². The van der Waals surface area contributed by atoms with Gasteiger partial charge in [0.1, 0.15) is 6.17 Å². The summed E-state index contributed by atoms with van der Waals surface area (Å²) in [6.45, 7) is 4.42. The van der Waals surface area contributed by atoms with E-state index in [2.05, 4.69) is 102 Å². The lowest BCUT2D eigenvalue weighted by molar-refractivity contribution is 0.252. The molecule has 0 radical (unpaired) electrons. The van der Waals surface area contributed by atoms with Gasteiger partial charge in [-0.3, -0.25) is 9.67 Å². The number of hydrogen-bond acceptors (Lipinski definition) is 3. The molecule has 2 aromatic heterocycles. The van der Waals surface area contributed by atoms with E-state index in [0.717, 1.165) is 5.56 Å². The number of aromatic nitrogens is 3. The molecular formula is C26H27N5. The van der Waals surface area contributed by atoms with Gasteiger partial charge in [-0.25, -0.2) is 0 Å². The molecule has 2 aromatic carbocycles. The van der Waals surface area contributed by atoms with Crippen LogP contribution < -0.4 is 0 Å². The first-order valence-corrected chi connectivity index (χ1v) is 10.7. The fourth-order valence-corrected chi connectivity index (χ4v) is 4.51. The van der Waals surface area contributed by atoms with E-state index in [1.807, 2.05) is 24.1 Å². The SMILES string of the molecule is CC1N=CC=C(c2ccc3ccn(C)c3c2)N1C(C)c1cccc(-c2cnn(C)c2)c1. The van der Waals surface area contributed by atoms with Gasteiger partial charge in [-0.2, -0.15) is 5.10 Å². The van der Waals surface area contributed by atoms with E-state index in [1.165, 1.54) is 33.3 Å².